The molecule has 3 heteroatoms. The molecule has 0 fully saturated rings. The summed E-state index contributed by atoms with van der Waals surface area (Å²) < 4.78 is 1.99. The summed E-state index contributed by atoms with van der Waals surface area (Å²) in [5.41, 5.74) is 1.35. The average molecular weight is 259 g/mol. The number of nitrogens with zero attached hydrogens (tertiary/aromatic N) is 2. The molecule has 14 heavy (non-hydrogen) atoms. The number of rotatable bonds is 5. The zero-order valence-corrected chi connectivity index (χ0v) is 10.8. The van der Waals surface area contributed by atoms with Gasteiger partial charge in [0.15, 0.2) is 0 Å². The van der Waals surface area contributed by atoms with E-state index < -0.39 is 0 Å². The fraction of sp³-hybridized carbons (Fsp3) is 0.727. The van der Waals surface area contributed by atoms with E-state index in [4.69, 9.17) is 0 Å². The highest BCUT2D eigenvalue weighted by Gasteiger charge is 2.13. The van der Waals surface area contributed by atoms with Crippen LogP contribution in [0, 0.1) is 5.92 Å². The smallest absolute Gasteiger partial charge is 0.0521 e. The van der Waals surface area contributed by atoms with E-state index in [0.717, 1.165) is 13.0 Å². The van der Waals surface area contributed by atoms with Crippen LogP contribution in [-0.4, -0.2) is 14.6 Å². The lowest BCUT2D eigenvalue weighted by atomic mass is 9.96. The molecule has 2 atom stereocenters. The zero-order chi connectivity index (χ0) is 10.6. The summed E-state index contributed by atoms with van der Waals surface area (Å²) in [6.45, 7) is 7.53. The van der Waals surface area contributed by atoms with Gasteiger partial charge in [-0.3, -0.25) is 4.68 Å². The van der Waals surface area contributed by atoms with Crippen molar-refractivity contribution in [2.45, 2.75) is 45.0 Å². The minimum absolute atomic E-state index is 0.581. The SMILES string of the molecule is CCC(Cc1cnn(CC)c1)C(C)Br. The minimum atomic E-state index is 0.581. The molecule has 0 radical (unpaired) electrons. The van der Waals surface area contributed by atoms with E-state index in [9.17, 15) is 0 Å². The van der Waals surface area contributed by atoms with Gasteiger partial charge < -0.3 is 0 Å². The van der Waals surface area contributed by atoms with Gasteiger partial charge in [-0.25, -0.2) is 0 Å². The highest BCUT2D eigenvalue weighted by molar-refractivity contribution is 9.09. The monoisotopic (exact) mass is 258 g/mol. The lowest BCUT2D eigenvalue weighted by Gasteiger charge is -2.16. The van der Waals surface area contributed by atoms with Crippen molar-refractivity contribution in [2.75, 3.05) is 0 Å². The topological polar surface area (TPSA) is 17.8 Å². The first-order valence-electron chi connectivity index (χ1n) is 5.32. The van der Waals surface area contributed by atoms with E-state index in [2.05, 4.69) is 48.0 Å². The Hall–Kier alpha value is -0.310. The molecule has 2 unspecified atom stereocenters. The maximum atomic E-state index is 4.28. The molecule has 0 saturated heterocycles. The van der Waals surface area contributed by atoms with Crippen LogP contribution in [0.25, 0.3) is 0 Å². The molecule has 80 valence electrons. The number of aromatic nitrogens is 2. The third kappa shape index (κ3) is 3.12. The number of halogens is 1. The van der Waals surface area contributed by atoms with Crippen LogP contribution in [0.1, 0.15) is 32.8 Å². The number of hydrogen-bond donors (Lipinski definition) is 0. The van der Waals surface area contributed by atoms with E-state index in [1.165, 1.54) is 12.0 Å². The lowest BCUT2D eigenvalue weighted by molar-refractivity contribution is 0.508. The van der Waals surface area contributed by atoms with Crippen LogP contribution in [0.4, 0.5) is 0 Å². The maximum Gasteiger partial charge on any atom is 0.0521 e. The number of aryl methyl sites for hydroxylation is 1. The summed E-state index contributed by atoms with van der Waals surface area (Å²) >= 11 is 3.66. The summed E-state index contributed by atoms with van der Waals surface area (Å²) in [5, 5.41) is 4.28. The first-order valence-corrected chi connectivity index (χ1v) is 6.24. The maximum absolute atomic E-state index is 4.28. The van der Waals surface area contributed by atoms with E-state index >= 15 is 0 Å². The van der Waals surface area contributed by atoms with E-state index in [-0.39, 0.29) is 0 Å². The fourth-order valence-corrected chi connectivity index (χ4v) is 2.18. The summed E-state index contributed by atoms with van der Waals surface area (Å²) in [6, 6.07) is 0. The molecule has 0 bridgehead atoms. The highest BCUT2D eigenvalue weighted by Crippen LogP contribution is 2.20. The second kappa shape index (κ2) is 5.54. The molecule has 0 N–H and O–H groups in total. The Morgan fingerprint density at radius 2 is 2.21 bits per heavy atom. The average Bonchev–Trinajstić information content (AvgIpc) is 2.61. The second-order valence-electron chi connectivity index (χ2n) is 3.75. The Kier molecular flexibility index (Phi) is 4.66. The normalized spacial score (nSPS) is 15.4. The van der Waals surface area contributed by atoms with Gasteiger partial charge in [0, 0.05) is 17.6 Å². The van der Waals surface area contributed by atoms with Crippen LogP contribution in [0.3, 0.4) is 0 Å². The lowest BCUT2D eigenvalue weighted by Crippen LogP contribution is -2.12. The van der Waals surface area contributed by atoms with Crippen molar-refractivity contribution in [1.29, 1.82) is 0 Å². The zero-order valence-electron chi connectivity index (χ0n) is 9.20. The molecular weight excluding hydrogens is 240 g/mol. The molecule has 2 nitrogen and oxygen atoms in total. The van der Waals surface area contributed by atoms with Crippen LogP contribution in [0.2, 0.25) is 0 Å². The molecule has 0 aliphatic heterocycles. The quantitative estimate of drug-likeness (QED) is 0.742. The number of alkyl halides is 1. The molecule has 1 rings (SSSR count). The van der Waals surface area contributed by atoms with Crippen LogP contribution in [0.5, 0.6) is 0 Å². The Bertz CT molecular complexity index is 268. The van der Waals surface area contributed by atoms with Gasteiger partial charge in [0.25, 0.3) is 0 Å². The first-order chi connectivity index (χ1) is 6.67. The van der Waals surface area contributed by atoms with Gasteiger partial charge in [-0.1, -0.05) is 36.2 Å². The summed E-state index contributed by atoms with van der Waals surface area (Å²) in [4.78, 5) is 0.581. The van der Waals surface area contributed by atoms with Gasteiger partial charge in [0.05, 0.1) is 6.20 Å². The van der Waals surface area contributed by atoms with Crippen molar-refractivity contribution in [3.8, 4) is 0 Å². The van der Waals surface area contributed by atoms with Crippen molar-refractivity contribution in [1.82, 2.24) is 9.78 Å². The summed E-state index contributed by atoms with van der Waals surface area (Å²) in [7, 11) is 0. The largest absolute Gasteiger partial charge is 0.273 e. The third-order valence-corrected chi connectivity index (χ3v) is 3.43. The third-order valence-electron chi connectivity index (χ3n) is 2.68. The van der Waals surface area contributed by atoms with Crippen molar-refractivity contribution in [2.24, 2.45) is 5.92 Å². The van der Waals surface area contributed by atoms with Gasteiger partial charge in [-0.05, 0) is 24.8 Å². The molecule has 0 spiro atoms. The molecular formula is C11H19BrN2. The van der Waals surface area contributed by atoms with Gasteiger partial charge in [-0.2, -0.15) is 5.10 Å². The molecule has 0 aliphatic rings. The molecule has 1 aromatic rings. The van der Waals surface area contributed by atoms with Crippen molar-refractivity contribution in [3.05, 3.63) is 18.0 Å². The van der Waals surface area contributed by atoms with Gasteiger partial charge in [0.2, 0.25) is 0 Å². The predicted molar refractivity (Wildman–Crippen MR) is 63.8 cm³/mol. The second-order valence-corrected chi connectivity index (χ2v) is 5.20. The summed E-state index contributed by atoms with van der Waals surface area (Å²) in [6.07, 6.45) is 6.48. The van der Waals surface area contributed by atoms with E-state index in [1.807, 2.05) is 10.9 Å². The molecule has 0 aromatic carbocycles. The molecule has 1 heterocycles. The van der Waals surface area contributed by atoms with Gasteiger partial charge >= 0.3 is 0 Å². The van der Waals surface area contributed by atoms with E-state index in [1.54, 1.807) is 0 Å². The van der Waals surface area contributed by atoms with E-state index in [0.29, 0.717) is 10.7 Å². The summed E-state index contributed by atoms with van der Waals surface area (Å²) in [5.74, 6) is 0.713. The highest BCUT2D eigenvalue weighted by atomic mass is 79.9. The molecule has 0 saturated carbocycles. The van der Waals surface area contributed by atoms with Crippen LogP contribution < -0.4 is 0 Å². The van der Waals surface area contributed by atoms with Gasteiger partial charge in [0.1, 0.15) is 0 Å². The van der Waals surface area contributed by atoms with Crippen molar-refractivity contribution >= 4 is 15.9 Å². The number of hydrogen-bond acceptors (Lipinski definition) is 1. The van der Waals surface area contributed by atoms with Crippen LogP contribution >= 0.6 is 15.9 Å². The van der Waals surface area contributed by atoms with Crippen molar-refractivity contribution < 1.29 is 0 Å². The van der Waals surface area contributed by atoms with Crippen molar-refractivity contribution in [3.63, 3.8) is 0 Å². The Morgan fingerprint density at radius 3 is 2.64 bits per heavy atom. The first kappa shape index (κ1) is 11.8. The Balaban J connectivity index is 2.57. The molecule has 0 aliphatic carbocycles. The molecule has 1 aromatic heterocycles. The fourth-order valence-electron chi connectivity index (χ4n) is 1.62. The van der Waals surface area contributed by atoms with Crippen LogP contribution in [-0.2, 0) is 13.0 Å². The molecule has 0 amide bonds. The van der Waals surface area contributed by atoms with Crippen LogP contribution in [0.15, 0.2) is 12.4 Å². The minimum Gasteiger partial charge on any atom is -0.273 e. The standard InChI is InChI=1S/C11H19BrN2/c1-4-11(9(3)12)6-10-7-13-14(5-2)8-10/h7-9,11H,4-6H2,1-3H3. The Labute approximate surface area is 94.8 Å². The predicted octanol–water partition coefficient (Wildman–Crippen LogP) is 3.26. The van der Waals surface area contributed by atoms with Gasteiger partial charge in [-0.15, -0.1) is 0 Å². The Morgan fingerprint density at radius 1 is 1.50 bits per heavy atom.